The van der Waals surface area contributed by atoms with Gasteiger partial charge in [0.1, 0.15) is 0 Å². The molecule has 0 aliphatic rings. The molecule has 0 radical (unpaired) electrons. The van der Waals surface area contributed by atoms with E-state index in [9.17, 15) is 14.5 Å². The third-order valence-electron chi connectivity index (χ3n) is 2.06. The number of hydrogen-bond acceptors (Lipinski definition) is 4. The fraction of sp³-hybridized carbons (Fsp3) is 0.0909. The lowest BCUT2D eigenvalue weighted by Crippen LogP contribution is -2.42. The van der Waals surface area contributed by atoms with Gasteiger partial charge in [-0.05, 0) is 12.1 Å². The second-order valence-corrected chi connectivity index (χ2v) is 3.24. The molecular weight excluding hydrogens is 238 g/mol. The quantitative estimate of drug-likeness (QED) is 0.472. The van der Waals surface area contributed by atoms with E-state index in [0.29, 0.717) is 5.69 Å². The van der Waals surface area contributed by atoms with Crippen LogP contribution in [0.25, 0.3) is 0 Å². The van der Waals surface area contributed by atoms with Crippen molar-refractivity contribution in [1.29, 1.82) is 0 Å². The molecule has 0 bridgehead atoms. The van der Waals surface area contributed by atoms with Crippen molar-refractivity contribution >= 4 is 17.7 Å². The number of nitroso groups, excluding NO2 is 1. The van der Waals surface area contributed by atoms with Crippen LogP contribution in [0.2, 0.25) is 0 Å². The van der Waals surface area contributed by atoms with Crippen molar-refractivity contribution in [1.82, 2.24) is 5.01 Å². The monoisotopic (exact) mass is 249 g/mol. The van der Waals surface area contributed by atoms with Crippen molar-refractivity contribution in [2.45, 2.75) is 6.04 Å². The average Bonchev–Trinajstić information content (AvgIpc) is 2.36. The van der Waals surface area contributed by atoms with E-state index in [1.807, 2.05) is 0 Å². The number of rotatable bonds is 5. The predicted molar refractivity (Wildman–Crippen MR) is 64.7 cm³/mol. The average molecular weight is 249 g/mol. The van der Waals surface area contributed by atoms with Gasteiger partial charge >= 0.3 is 12.0 Å². The highest BCUT2D eigenvalue weighted by Gasteiger charge is 2.28. The molecule has 0 fully saturated rings. The molecule has 0 spiro atoms. The van der Waals surface area contributed by atoms with Crippen LogP contribution in [-0.4, -0.2) is 28.2 Å². The number of carboxylic acid groups (broad SMARTS) is 1. The number of carbonyl (C=O) groups excluding carboxylic acids is 1. The molecule has 0 saturated heterocycles. The highest BCUT2D eigenvalue weighted by molar-refractivity contribution is 5.92. The number of amides is 2. The van der Waals surface area contributed by atoms with E-state index in [-0.39, 0.29) is 5.01 Å². The molecule has 0 heterocycles. The number of aliphatic carboxylic acids is 1. The van der Waals surface area contributed by atoms with E-state index in [1.165, 1.54) is 0 Å². The number of carboxylic acids is 1. The minimum absolute atomic E-state index is 0.266. The largest absolute Gasteiger partial charge is 0.479 e. The van der Waals surface area contributed by atoms with Crippen LogP contribution in [0.15, 0.2) is 48.3 Å². The molecule has 1 aromatic rings. The molecule has 1 rings (SSSR count). The maximum absolute atomic E-state index is 11.7. The van der Waals surface area contributed by atoms with Gasteiger partial charge in [-0.2, -0.15) is 5.01 Å². The first kappa shape index (κ1) is 13.4. The molecule has 1 atom stereocenters. The lowest BCUT2D eigenvalue weighted by Gasteiger charge is -2.18. The zero-order valence-corrected chi connectivity index (χ0v) is 9.31. The van der Waals surface area contributed by atoms with E-state index in [0.717, 1.165) is 6.08 Å². The first-order valence-corrected chi connectivity index (χ1v) is 4.94. The highest BCUT2D eigenvalue weighted by Crippen LogP contribution is 2.09. The smallest absolute Gasteiger partial charge is 0.345 e. The number of para-hydroxylation sites is 1. The summed E-state index contributed by atoms with van der Waals surface area (Å²) in [6.07, 6.45) is 0.939. The fourth-order valence-corrected chi connectivity index (χ4v) is 1.22. The lowest BCUT2D eigenvalue weighted by atomic mass is 10.3. The zero-order valence-electron chi connectivity index (χ0n) is 9.31. The molecule has 7 nitrogen and oxygen atoms in total. The molecule has 0 saturated carbocycles. The summed E-state index contributed by atoms with van der Waals surface area (Å²) in [5, 5.41) is 13.8. The highest BCUT2D eigenvalue weighted by atomic mass is 16.4. The molecule has 2 amide bonds. The van der Waals surface area contributed by atoms with E-state index in [4.69, 9.17) is 5.11 Å². The van der Waals surface area contributed by atoms with Crippen molar-refractivity contribution in [2.75, 3.05) is 5.32 Å². The summed E-state index contributed by atoms with van der Waals surface area (Å²) in [5.74, 6) is -1.40. The van der Waals surface area contributed by atoms with Gasteiger partial charge in [0.15, 0.2) is 6.04 Å². The number of urea groups is 1. The van der Waals surface area contributed by atoms with Crippen molar-refractivity contribution in [2.24, 2.45) is 5.29 Å². The Morgan fingerprint density at radius 1 is 1.39 bits per heavy atom. The van der Waals surface area contributed by atoms with Crippen molar-refractivity contribution in [3.05, 3.63) is 47.9 Å². The van der Waals surface area contributed by atoms with E-state index < -0.39 is 18.0 Å². The second kappa shape index (κ2) is 6.14. The van der Waals surface area contributed by atoms with Crippen molar-refractivity contribution < 1.29 is 14.7 Å². The summed E-state index contributed by atoms with van der Waals surface area (Å²) in [4.78, 5) is 33.0. The van der Waals surface area contributed by atoms with Gasteiger partial charge in [-0.25, -0.2) is 9.59 Å². The lowest BCUT2D eigenvalue weighted by molar-refractivity contribution is -0.140. The number of nitrogens with zero attached hydrogens (tertiary/aromatic N) is 2. The summed E-state index contributed by atoms with van der Waals surface area (Å²) in [5.41, 5.74) is 0.421. The predicted octanol–water partition coefficient (Wildman–Crippen LogP) is 1.84. The standard InChI is InChI=1S/C11H11N3O4/c1-2-9(10(15)16)14(13-18)11(17)12-8-6-4-3-5-7-8/h2-7,9H,1H2,(H,12,17)(H,15,16). The number of nitrogens with one attached hydrogen (secondary N) is 1. The third kappa shape index (κ3) is 3.14. The summed E-state index contributed by atoms with van der Waals surface area (Å²) >= 11 is 0. The Balaban J connectivity index is 2.83. The van der Waals surface area contributed by atoms with Crippen LogP contribution < -0.4 is 5.32 Å². The van der Waals surface area contributed by atoms with Crippen LogP contribution in [0, 0.1) is 4.91 Å². The van der Waals surface area contributed by atoms with Gasteiger partial charge in [0.2, 0.25) is 0 Å². The minimum atomic E-state index is -1.51. The van der Waals surface area contributed by atoms with Gasteiger partial charge in [-0.3, -0.25) is 0 Å². The van der Waals surface area contributed by atoms with E-state index in [2.05, 4.69) is 17.2 Å². The normalized spacial score (nSPS) is 11.1. The maximum atomic E-state index is 11.7. The second-order valence-electron chi connectivity index (χ2n) is 3.24. The molecule has 1 unspecified atom stereocenters. The first-order valence-electron chi connectivity index (χ1n) is 4.94. The molecule has 2 N–H and O–H groups in total. The molecule has 0 aromatic heterocycles. The maximum Gasteiger partial charge on any atom is 0.345 e. The van der Waals surface area contributed by atoms with Gasteiger partial charge in [0, 0.05) is 5.69 Å². The van der Waals surface area contributed by atoms with Crippen molar-refractivity contribution in [3.63, 3.8) is 0 Å². The Labute approximate surface area is 103 Å². The number of benzene rings is 1. The molecule has 7 heteroatoms. The van der Waals surface area contributed by atoms with Crippen molar-refractivity contribution in [3.8, 4) is 0 Å². The first-order chi connectivity index (χ1) is 8.60. The van der Waals surface area contributed by atoms with Crippen LogP contribution >= 0.6 is 0 Å². The summed E-state index contributed by atoms with van der Waals surface area (Å²) < 4.78 is 0. The Morgan fingerprint density at radius 2 is 2.00 bits per heavy atom. The molecular formula is C11H11N3O4. The van der Waals surface area contributed by atoms with Crippen LogP contribution in [0.3, 0.4) is 0 Å². The van der Waals surface area contributed by atoms with Crippen LogP contribution in [0.1, 0.15) is 0 Å². The fourth-order valence-electron chi connectivity index (χ4n) is 1.22. The van der Waals surface area contributed by atoms with Gasteiger partial charge in [0.05, 0.1) is 5.29 Å². The minimum Gasteiger partial charge on any atom is -0.479 e. The van der Waals surface area contributed by atoms with Gasteiger partial charge in [0.25, 0.3) is 0 Å². The topological polar surface area (TPSA) is 99.1 Å². The summed E-state index contributed by atoms with van der Waals surface area (Å²) in [6, 6.07) is 5.83. The van der Waals surface area contributed by atoms with E-state index >= 15 is 0 Å². The molecule has 94 valence electrons. The van der Waals surface area contributed by atoms with Crippen LogP contribution in [0.4, 0.5) is 10.5 Å². The Hall–Kier alpha value is -2.70. The van der Waals surface area contributed by atoms with Gasteiger partial charge in [-0.15, -0.1) is 11.5 Å². The van der Waals surface area contributed by atoms with Crippen LogP contribution in [0.5, 0.6) is 0 Å². The van der Waals surface area contributed by atoms with Gasteiger partial charge in [-0.1, -0.05) is 24.3 Å². The third-order valence-corrected chi connectivity index (χ3v) is 2.06. The number of anilines is 1. The zero-order chi connectivity index (χ0) is 13.5. The van der Waals surface area contributed by atoms with E-state index in [1.54, 1.807) is 30.3 Å². The Morgan fingerprint density at radius 3 is 2.44 bits per heavy atom. The SMILES string of the molecule is C=CC(C(=O)O)N(N=O)C(=O)Nc1ccccc1. The van der Waals surface area contributed by atoms with Crippen LogP contribution in [-0.2, 0) is 4.79 Å². The molecule has 18 heavy (non-hydrogen) atoms. The Kier molecular flexibility index (Phi) is 4.56. The van der Waals surface area contributed by atoms with Gasteiger partial charge < -0.3 is 10.4 Å². The summed E-state index contributed by atoms with van der Waals surface area (Å²) in [7, 11) is 0. The molecule has 0 aliphatic heterocycles. The number of carbonyl (C=O) groups is 2. The molecule has 1 aromatic carbocycles. The summed E-state index contributed by atoms with van der Waals surface area (Å²) in [6.45, 7) is 3.24. The Bertz CT molecular complexity index is 461. The molecule has 0 aliphatic carbocycles. The number of hydrogen-bond donors (Lipinski definition) is 2.